The highest BCUT2D eigenvalue weighted by molar-refractivity contribution is 5.81. The topological polar surface area (TPSA) is 49.8 Å². The van der Waals surface area contributed by atoms with E-state index in [-0.39, 0.29) is 17.2 Å². The molecule has 2 atom stereocenters. The molecule has 0 spiro atoms. The Labute approximate surface area is 143 Å². The van der Waals surface area contributed by atoms with Gasteiger partial charge in [0, 0.05) is 17.9 Å². The molecule has 24 heavy (non-hydrogen) atoms. The molecular weight excluding hydrogens is 302 g/mol. The molecule has 1 aromatic carbocycles. The SMILES string of the molecule is COc1cccc([C@@]23CCCC[C@@]2(O)CN(C(=O)C2CC2)CC3)c1. The molecule has 4 rings (SSSR count). The highest BCUT2D eigenvalue weighted by atomic mass is 16.5. The van der Waals surface area contributed by atoms with Crippen molar-refractivity contribution < 1.29 is 14.6 Å². The van der Waals surface area contributed by atoms with Crippen LogP contribution in [0.4, 0.5) is 0 Å². The number of fused-ring (bicyclic) bond motifs is 1. The lowest BCUT2D eigenvalue weighted by atomic mass is 9.56. The van der Waals surface area contributed by atoms with Crippen molar-refractivity contribution in [3.63, 3.8) is 0 Å². The van der Waals surface area contributed by atoms with Crippen molar-refractivity contribution in [1.82, 2.24) is 4.90 Å². The summed E-state index contributed by atoms with van der Waals surface area (Å²) >= 11 is 0. The van der Waals surface area contributed by atoms with E-state index in [4.69, 9.17) is 4.74 Å². The molecular formula is C20H27NO3. The van der Waals surface area contributed by atoms with Crippen LogP contribution >= 0.6 is 0 Å². The average molecular weight is 329 g/mol. The molecule has 4 heteroatoms. The molecule has 1 aromatic rings. The first-order valence-electron chi connectivity index (χ1n) is 9.24. The summed E-state index contributed by atoms with van der Waals surface area (Å²) in [6.45, 7) is 1.24. The van der Waals surface area contributed by atoms with Crippen molar-refractivity contribution in [2.75, 3.05) is 20.2 Å². The number of aliphatic hydroxyl groups is 1. The third kappa shape index (κ3) is 2.43. The maximum absolute atomic E-state index is 12.5. The minimum Gasteiger partial charge on any atom is -0.497 e. The zero-order valence-corrected chi connectivity index (χ0v) is 14.5. The van der Waals surface area contributed by atoms with E-state index in [2.05, 4.69) is 12.1 Å². The summed E-state index contributed by atoms with van der Waals surface area (Å²) in [6.07, 6.45) is 6.82. The van der Waals surface area contributed by atoms with E-state index >= 15 is 0 Å². The van der Waals surface area contributed by atoms with Gasteiger partial charge in [0.15, 0.2) is 0 Å². The van der Waals surface area contributed by atoms with Crippen LogP contribution in [0.15, 0.2) is 24.3 Å². The van der Waals surface area contributed by atoms with Crippen LogP contribution in [0.25, 0.3) is 0 Å². The molecule has 1 aliphatic heterocycles. The highest BCUT2D eigenvalue weighted by Gasteiger charge is 2.56. The van der Waals surface area contributed by atoms with Gasteiger partial charge in [-0.1, -0.05) is 25.0 Å². The second kappa shape index (κ2) is 5.76. The first-order valence-corrected chi connectivity index (χ1v) is 9.24. The number of amides is 1. The van der Waals surface area contributed by atoms with Gasteiger partial charge in [0.25, 0.3) is 0 Å². The fraction of sp³-hybridized carbons (Fsp3) is 0.650. The lowest BCUT2D eigenvalue weighted by Gasteiger charge is -2.56. The number of benzene rings is 1. The Hall–Kier alpha value is -1.55. The summed E-state index contributed by atoms with van der Waals surface area (Å²) in [6, 6.07) is 8.17. The van der Waals surface area contributed by atoms with Crippen molar-refractivity contribution in [3.05, 3.63) is 29.8 Å². The fourth-order valence-electron chi connectivity index (χ4n) is 4.88. The van der Waals surface area contributed by atoms with Crippen LogP contribution in [0.5, 0.6) is 5.75 Å². The molecule has 130 valence electrons. The summed E-state index contributed by atoms with van der Waals surface area (Å²) < 4.78 is 5.41. The van der Waals surface area contributed by atoms with Gasteiger partial charge in [0.2, 0.25) is 5.91 Å². The highest BCUT2D eigenvalue weighted by Crippen LogP contribution is 2.52. The summed E-state index contributed by atoms with van der Waals surface area (Å²) in [4.78, 5) is 14.4. The number of β-amino-alcohol motifs (C(OH)–C–C–N with tert-alkyl or cyclic N) is 1. The van der Waals surface area contributed by atoms with Gasteiger partial charge in [-0.25, -0.2) is 0 Å². The Balaban J connectivity index is 1.68. The lowest BCUT2D eigenvalue weighted by Crippen LogP contribution is -2.65. The Bertz CT molecular complexity index is 642. The predicted octanol–water partition coefficient (Wildman–Crippen LogP) is 2.88. The molecule has 1 N–H and O–H groups in total. The monoisotopic (exact) mass is 329 g/mol. The third-order valence-electron chi connectivity index (χ3n) is 6.46. The van der Waals surface area contributed by atoms with E-state index in [1.54, 1.807) is 7.11 Å². The number of nitrogens with zero attached hydrogens (tertiary/aromatic N) is 1. The third-order valence-corrected chi connectivity index (χ3v) is 6.46. The summed E-state index contributed by atoms with van der Waals surface area (Å²) in [5, 5.41) is 11.6. The van der Waals surface area contributed by atoms with Crippen molar-refractivity contribution in [3.8, 4) is 5.75 Å². The Morgan fingerprint density at radius 2 is 2.04 bits per heavy atom. The lowest BCUT2D eigenvalue weighted by molar-refractivity contribution is -0.153. The van der Waals surface area contributed by atoms with Crippen molar-refractivity contribution in [1.29, 1.82) is 0 Å². The minimum absolute atomic E-state index is 0.224. The predicted molar refractivity (Wildman–Crippen MR) is 92.0 cm³/mol. The van der Waals surface area contributed by atoms with Gasteiger partial charge in [-0.15, -0.1) is 0 Å². The molecule has 0 bridgehead atoms. The van der Waals surface area contributed by atoms with Gasteiger partial charge in [-0.2, -0.15) is 0 Å². The van der Waals surface area contributed by atoms with Crippen molar-refractivity contribution in [2.24, 2.45) is 5.92 Å². The van der Waals surface area contributed by atoms with E-state index in [9.17, 15) is 9.90 Å². The van der Waals surface area contributed by atoms with Gasteiger partial charge in [0.05, 0.1) is 19.3 Å². The van der Waals surface area contributed by atoms with Crippen LogP contribution in [0.3, 0.4) is 0 Å². The van der Waals surface area contributed by atoms with Gasteiger partial charge >= 0.3 is 0 Å². The first kappa shape index (κ1) is 15.9. The van der Waals surface area contributed by atoms with Crippen LogP contribution in [0.1, 0.15) is 50.5 Å². The second-order valence-electron chi connectivity index (χ2n) is 7.84. The van der Waals surface area contributed by atoms with Crippen LogP contribution in [-0.2, 0) is 10.2 Å². The number of rotatable bonds is 3. The first-order chi connectivity index (χ1) is 11.6. The number of likely N-dealkylation sites (tertiary alicyclic amines) is 1. The summed E-state index contributed by atoms with van der Waals surface area (Å²) in [5.41, 5.74) is 0.100. The van der Waals surface area contributed by atoms with E-state index < -0.39 is 5.60 Å². The van der Waals surface area contributed by atoms with E-state index in [0.29, 0.717) is 6.54 Å². The average Bonchev–Trinajstić information content (AvgIpc) is 3.45. The molecule has 4 nitrogen and oxygen atoms in total. The number of piperidine rings is 1. The van der Waals surface area contributed by atoms with Gasteiger partial charge in [0.1, 0.15) is 5.75 Å². The summed E-state index contributed by atoms with van der Waals surface area (Å²) in [5.74, 6) is 1.32. The number of methoxy groups -OCH3 is 1. The van der Waals surface area contributed by atoms with Crippen LogP contribution in [-0.4, -0.2) is 41.7 Å². The Morgan fingerprint density at radius 1 is 1.25 bits per heavy atom. The minimum atomic E-state index is -0.819. The molecule has 1 heterocycles. The maximum Gasteiger partial charge on any atom is 0.225 e. The Kier molecular flexibility index (Phi) is 3.83. The zero-order chi connectivity index (χ0) is 16.8. The fourth-order valence-corrected chi connectivity index (χ4v) is 4.88. The van der Waals surface area contributed by atoms with Gasteiger partial charge < -0.3 is 14.7 Å². The molecule has 0 aromatic heterocycles. The van der Waals surface area contributed by atoms with Crippen LogP contribution < -0.4 is 4.74 Å². The van der Waals surface area contributed by atoms with E-state index in [1.165, 1.54) is 5.56 Å². The molecule has 2 aliphatic carbocycles. The normalized spacial score (nSPS) is 33.0. The number of carbonyl (C=O) groups is 1. The van der Waals surface area contributed by atoms with Crippen LogP contribution in [0, 0.1) is 5.92 Å². The standard InChI is InChI=1S/C20H27NO3/c1-24-17-6-4-5-16(13-17)19-9-2-3-10-20(19,23)14-21(12-11-19)18(22)15-7-8-15/h4-6,13,15,23H,2-3,7-12,14H2,1H3/t19-,20+/m0/s1. The number of hydrogen-bond acceptors (Lipinski definition) is 3. The smallest absolute Gasteiger partial charge is 0.225 e. The molecule has 2 saturated carbocycles. The van der Waals surface area contributed by atoms with Crippen LogP contribution in [0.2, 0.25) is 0 Å². The van der Waals surface area contributed by atoms with Gasteiger partial charge in [-0.3, -0.25) is 4.79 Å². The quantitative estimate of drug-likeness (QED) is 0.928. The van der Waals surface area contributed by atoms with Gasteiger partial charge in [-0.05, 0) is 49.8 Å². The molecule has 3 aliphatic rings. The molecule has 0 radical (unpaired) electrons. The molecule has 0 unspecified atom stereocenters. The van der Waals surface area contributed by atoms with Crippen molar-refractivity contribution in [2.45, 2.75) is 56.0 Å². The second-order valence-corrected chi connectivity index (χ2v) is 7.84. The van der Waals surface area contributed by atoms with E-state index in [1.807, 2.05) is 17.0 Å². The zero-order valence-electron chi connectivity index (χ0n) is 14.5. The molecule has 3 fully saturated rings. The Morgan fingerprint density at radius 3 is 2.79 bits per heavy atom. The largest absolute Gasteiger partial charge is 0.497 e. The maximum atomic E-state index is 12.5. The van der Waals surface area contributed by atoms with E-state index in [0.717, 1.165) is 57.2 Å². The number of carbonyl (C=O) groups excluding carboxylic acids is 1. The number of ether oxygens (including phenoxy) is 1. The van der Waals surface area contributed by atoms with Crippen molar-refractivity contribution >= 4 is 5.91 Å². The number of hydrogen-bond donors (Lipinski definition) is 1. The summed E-state index contributed by atoms with van der Waals surface area (Å²) in [7, 11) is 1.68. The molecule has 1 saturated heterocycles. The molecule has 1 amide bonds.